The van der Waals surface area contributed by atoms with Crippen LogP contribution in [0.15, 0.2) is 34.5 Å². The van der Waals surface area contributed by atoms with E-state index in [2.05, 4.69) is 30.9 Å². The molecule has 1 aliphatic heterocycles. The van der Waals surface area contributed by atoms with Crippen molar-refractivity contribution >= 4 is 22.1 Å². The van der Waals surface area contributed by atoms with Crippen molar-refractivity contribution in [2.75, 3.05) is 0 Å². The van der Waals surface area contributed by atoms with Crippen LogP contribution >= 0.6 is 15.9 Å². The van der Waals surface area contributed by atoms with Crippen LogP contribution in [0.1, 0.15) is 11.1 Å². The summed E-state index contributed by atoms with van der Waals surface area (Å²) < 4.78 is -0.606. The van der Waals surface area contributed by atoms with Crippen molar-refractivity contribution in [3.05, 3.63) is 40.9 Å². The lowest BCUT2D eigenvalue weighted by atomic mass is 10.1. The molecule has 0 spiro atoms. The van der Waals surface area contributed by atoms with Gasteiger partial charge in [0.25, 0.3) is 10.8 Å². The Kier molecular flexibility index (Phi) is 1.83. The minimum Gasteiger partial charge on any atom is -0.361 e. The van der Waals surface area contributed by atoms with Crippen LogP contribution in [0.4, 0.5) is 0 Å². The molecule has 4 nitrogen and oxygen atoms in total. The predicted molar refractivity (Wildman–Crippen MR) is 50.7 cm³/mol. The normalized spacial score (nSPS) is 16.4. The van der Waals surface area contributed by atoms with E-state index in [1.165, 1.54) is 6.21 Å². The summed E-state index contributed by atoms with van der Waals surface area (Å²) in [5, 5.41) is 7.69. The molecule has 0 aliphatic carbocycles. The van der Waals surface area contributed by atoms with Crippen LogP contribution in [0.2, 0.25) is 0 Å². The zero-order valence-electron chi connectivity index (χ0n) is 6.55. The van der Waals surface area contributed by atoms with E-state index in [0.29, 0.717) is 0 Å². The molecule has 64 valence electrons. The molecule has 0 atom stereocenters. The van der Waals surface area contributed by atoms with Gasteiger partial charge in [-0.15, -0.1) is 10.2 Å². The first-order chi connectivity index (χ1) is 6.26. The average molecular weight is 237 g/mol. The van der Waals surface area contributed by atoms with Gasteiger partial charge in [0.2, 0.25) is 0 Å². The monoisotopic (exact) mass is 236 g/mol. The minimum atomic E-state index is -0.606. The van der Waals surface area contributed by atoms with E-state index in [1.54, 1.807) is 0 Å². The largest absolute Gasteiger partial charge is 0.361 e. The molecule has 0 saturated heterocycles. The highest BCUT2D eigenvalue weighted by Gasteiger charge is 2.40. The van der Waals surface area contributed by atoms with E-state index >= 15 is 0 Å². The fourth-order valence-corrected chi connectivity index (χ4v) is 1.55. The zero-order valence-corrected chi connectivity index (χ0v) is 8.14. The number of halogens is 1. The zero-order chi connectivity index (χ0) is 9.31. The van der Waals surface area contributed by atoms with Crippen molar-refractivity contribution in [3.63, 3.8) is 0 Å². The number of rotatable bonds is 2. The Morgan fingerprint density at radius 3 is 2.69 bits per heavy atom. The van der Waals surface area contributed by atoms with E-state index in [4.69, 9.17) is 5.53 Å². The molecule has 0 saturated carbocycles. The van der Waals surface area contributed by atoms with Gasteiger partial charge >= 0.3 is 0 Å². The minimum absolute atomic E-state index is 0.606. The summed E-state index contributed by atoms with van der Waals surface area (Å²) in [5.41, 5.74) is 10.1. The first-order valence-electron chi connectivity index (χ1n) is 3.66. The van der Waals surface area contributed by atoms with Gasteiger partial charge in [-0.3, -0.25) is 0 Å². The second-order valence-electron chi connectivity index (χ2n) is 2.62. The third-order valence-corrected chi connectivity index (χ3v) is 2.52. The molecule has 0 fully saturated rings. The first kappa shape index (κ1) is 8.29. The summed E-state index contributed by atoms with van der Waals surface area (Å²) >= 11 is 3.34. The van der Waals surface area contributed by atoms with Crippen molar-refractivity contribution in [3.8, 4) is 0 Å². The number of alkyl halides is 1. The van der Waals surface area contributed by atoms with Crippen molar-refractivity contribution in [1.82, 2.24) is 0 Å². The molecular weight excluding hydrogens is 232 g/mol. The Labute approximate surface area is 83.1 Å². The Morgan fingerprint density at radius 2 is 2.08 bits per heavy atom. The van der Waals surface area contributed by atoms with Crippen LogP contribution in [0.25, 0.3) is 5.53 Å². The van der Waals surface area contributed by atoms with Gasteiger partial charge in [-0.25, -0.2) is 0 Å². The smallest absolute Gasteiger partial charge is 0.288 e. The maximum absolute atomic E-state index is 8.42. The molecule has 0 unspecified atom stereocenters. The molecule has 0 amide bonds. The van der Waals surface area contributed by atoms with Gasteiger partial charge in [-0.05, 0) is 22.0 Å². The number of benzene rings is 1. The highest BCUT2D eigenvalue weighted by molar-refractivity contribution is 9.09. The number of nitrogens with zero attached hydrogens (tertiary/aromatic N) is 4. The number of hydrogen-bond acceptors (Lipinski definition) is 2. The summed E-state index contributed by atoms with van der Waals surface area (Å²) in [6, 6.07) is 7.46. The molecule has 1 aromatic rings. The number of hydrogen-bond donors (Lipinski definition) is 0. The molecule has 1 heterocycles. The Morgan fingerprint density at radius 1 is 1.38 bits per heavy atom. The second-order valence-corrected chi connectivity index (χ2v) is 3.72. The summed E-state index contributed by atoms with van der Waals surface area (Å²) in [4.78, 5) is 2.98. The Balaban J connectivity index is 2.49. The van der Waals surface area contributed by atoms with E-state index in [9.17, 15) is 0 Å². The van der Waals surface area contributed by atoms with Gasteiger partial charge in [-0.1, -0.05) is 18.2 Å². The van der Waals surface area contributed by atoms with Crippen molar-refractivity contribution < 1.29 is 4.79 Å². The van der Waals surface area contributed by atoms with Crippen molar-refractivity contribution in [2.45, 2.75) is 4.57 Å². The van der Waals surface area contributed by atoms with E-state index in [-0.39, 0.29) is 0 Å². The van der Waals surface area contributed by atoms with Crippen LogP contribution in [-0.4, -0.2) is 11.0 Å². The lowest BCUT2D eigenvalue weighted by Crippen LogP contribution is -2.02. The second kappa shape index (κ2) is 2.87. The van der Waals surface area contributed by atoms with Gasteiger partial charge < -0.3 is 5.53 Å². The fraction of sp³-hybridized carbons (Fsp3) is 0.125. The third kappa shape index (κ3) is 1.43. The molecule has 13 heavy (non-hydrogen) atoms. The maximum atomic E-state index is 8.42. The molecule has 1 aliphatic rings. The molecular formula is C8H5BrN4. The highest BCUT2D eigenvalue weighted by Crippen LogP contribution is 2.46. The lowest BCUT2D eigenvalue weighted by molar-refractivity contribution is 0.00449. The van der Waals surface area contributed by atoms with Crippen molar-refractivity contribution in [2.24, 2.45) is 10.2 Å². The average Bonchev–Trinajstić information content (AvgIpc) is 2.86. The molecule has 2 rings (SSSR count). The van der Waals surface area contributed by atoms with Crippen LogP contribution < -0.4 is 0 Å². The van der Waals surface area contributed by atoms with Gasteiger partial charge in [0.1, 0.15) is 0 Å². The predicted octanol–water partition coefficient (Wildman–Crippen LogP) is 2.31. The standard InChI is InChI=1S/C8H5BrN4/c9-8(12-13-8)7-4-2-1-3-6(7)5-11-10/h1-5H. The van der Waals surface area contributed by atoms with Gasteiger partial charge in [0, 0.05) is 5.56 Å². The SMILES string of the molecule is [N-]=[N+]=Cc1ccccc1C1(Br)N=N1. The van der Waals surface area contributed by atoms with Gasteiger partial charge in [-0.2, -0.15) is 4.79 Å². The van der Waals surface area contributed by atoms with Crippen LogP contribution in [0.3, 0.4) is 0 Å². The van der Waals surface area contributed by atoms with E-state index in [0.717, 1.165) is 11.1 Å². The molecule has 0 aromatic heterocycles. The van der Waals surface area contributed by atoms with Crippen molar-refractivity contribution in [1.29, 1.82) is 0 Å². The summed E-state index contributed by atoms with van der Waals surface area (Å²) in [6.45, 7) is 0. The van der Waals surface area contributed by atoms with Gasteiger partial charge in [0.05, 0.1) is 5.56 Å². The topological polar surface area (TPSA) is 61.1 Å². The Hall–Kier alpha value is -1.32. The fourth-order valence-electron chi connectivity index (χ4n) is 1.11. The molecule has 1 aromatic carbocycles. The lowest BCUT2D eigenvalue weighted by Gasteiger charge is -2.02. The highest BCUT2D eigenvalue weighted by atomic mass is 79.9. The first-order valence-corrected chi connectivity index (χ1v) is 4.45. The maximum Gasteiger partial charge on any atom is 0.288 e. The van der Waals surface area contributed by atoms with Gasteiger partial charge in [0.15, 0.2) is 0 Å². The van der Waals surface area contributed by atoms with Crippen LogP contribution in [0, 0.1) is 0 Å². The van der Waals surface area contributed by atoms with E-state index in [1.807, 2.05) is 24.3 Å². The van der Waals surface area contributed by atoms with Crippen LogP contribution in [-0.2, 0) is 4.57 Å². The molecule has 5 heteroatoms. The summed E-state index contributed by atoms with van der Waals surface area (Å²) in [5.74, 6) is 0. The third-order valence-electron chi connectivity index (χ3n) is 1.78. The molecule has 0 N–H and O–H groups in total. The molecule has 0 radical (unpaired) electrons. The molecule has 0 bridgehead atoms. The van der Waals surface area contributed by atoms with Crippen LogP contribution in [0.5, 0.6) is 0 Å². The summed E-state index contributed by atoms with van der Waals surface area (Å²) in [7, 11) is 0. The Bertz CT molecular complexity index is 414. The summed E-state index contributed by atoms with van der Waals surface area (Å²) in [6.07, 6.45) is 1.36. The quantitative estimate of drug-likeness (QED) is 0.249. The van der Waals surface area contributed by atoms with E-state index < -0.39 is 4.57 Å².